The number of carbonyl (C=O) groups is 2. The van der Waals surface area contributed by atoms with E-state index in [2.05, 4.69) is 163 Å². The maximum absolute atomic E-state index is 12.6. The summed E-state index contributed by atoms with van der Waals surface area (Å²) in [5.41, 5.74) is 14.0. The number of fused-ring (bicyclic) bond motifs is 2. The first-order valence-corrected chi connectivity index (χ1v) is 34.8. The Morgan fingerprint density at radius 2 is 0.963 bits per heavy atom. The molecular weight excluding hydrogens is 873 g/mol. The van der Waals surface area contributed by atoms with E-state index in [1.807, 2.05) is 0 Å². The van der Waals surface area contributed by atoms with Crippen LogP contribution in [-0.4, -0.2) is 17.4 Å². The van der Waals surface area contributed by atoms with Crippen molar-refractivity contribution in [3.63, 3.8) is 0 Å². The molecule has 0 saturated carbocycles. The van der Waals surface area contributed by atoms with Gasteiger partial charge < -0.3 is 0 Å². The average Bonchev–Trinajstić information content (AvgIpc) is 3.78. The van der Waals surface area contributed by atoms with Crippen LogP contribution in [0.25, 0.3) is 34.4 Å². The molecule has 0 aliphatic heterocycles. The SMILES string of the molecule is CCC(C)C1=Cc2c(-c3ccccc3C(C)C)cccc2[CH]1[Hf]([Cl])([Cl])([B](NC=O)NC=O)[CH]1C(C(C)CC)=Cc2c(-c3ccccc3C(C)C)cccc21. The summed E-state index contributed by atoms with van der Waals surface area (Å²) in [7, 11) is 17.6. The van der Waals surface area contributed by atoms with Crippen molar-refractivity contribution in [1.29, 1.82) is 0 Å². The van der Waals surface area contributed by atoms with Crippen molar-refractivity contribution >= 4 is 46.7 Å². The van der Waals surface area contributed by atoms with E-state index in [-0.39, 0.29) is 11.8 Å². The van der Waals surface area contributed by atoms with E-state index < -0.39 is 27.8 Å². The van der Waals surface area contributed by atoms with Gasteiger partial charge in [0, 0.05) is 0 Å². The molecule has 6 rings (SSSR count). The first kappa shape index (κ1) is 40.5. The van der Waals surface area contributed by atoms with Gasteiger partial charge in [0.2, 0.25) is 0 Å². The molecule has 4 unspecified atom stereocenters. The summed E-state index contributed by atoms with van der Waals surface area (Å²) in [6, 6.07) is 30.3. The van der Waals surface area contributed by atoms with Gasteiger partial charge in [-0.3, -0.25) is 0 Å². The second-order valence-electron chi connectivity index (χ2n) is 16.1. The number of hydrogen-bond acceptors (Lipinski definition) is 2. The standard InChI is InChI=1S/2C22H25.C2H3BN2O2.2ClH.Hf/c2*1-5-16(4)18-13-17-9-8-12-21(22(17)14-18)20-11-7-6-10-19(20)15(2)3;6-1-4-3-5-2-7;;;/h2*6-16H,5H2,1-4H3;1-2H,(H-,4,5,6,7);2*1H;/q;;;;;+1/p-1. The van der Waals surface area contributed by atoms with E-state index >= 15 is 0 Å². The van der Waals surface area contributed by atoms with Gasteiger partial charge in [0.1, 0.15) is 0 Å². The third-order valence-electron chi connectivity index (χ3n) is 12.4. The van der Waals surface area contributed by atoms with Crippen molar-refractivity contribution in [2.24, 2.45) is 11.8 Å². The Balaban J connectivity index is 1.72. The maximum atomic E-state index is 12.6. The van der Waals surface area contributed by atoms with Gasteiger partial charge in [-0.1, -0.05) is 0 Å². The minimum atomic E-state index is -6.13. The number of nitrogens with one attached hydrogen (secondary N) is 2. The van der Waals surface area contributed by atoms with Crippen molar-refractivity contribution in [3.05, 3.63) is 129 Å². The second-order valence-corrected chi connectivity index (χ2v) is 46.5. The van der Waals surface area contributed by atoms with Gasteiger partial charge >= 0.3 is 334 Å². The molecule has 2 aliphatic rings. The van der Waals surface area contributed by atoms with Gasteiger partial charge in [-0.2, -0.15) is 0 Å². The first-order chi connectivity index (χ1) is 25.8. The fourth-order valence-electron chi connectivity index (χ4n) is 9.37. The van der Waals surface area contributed by atoms with Crippen LogP contribution in [0, 0.1) is 11.8 Å². The Morgan fingerprint density at radius 1 is 0.593 bits per heavy atom. The number of hydrogen-bond donors (Lipinski definition) is 2. The van der Waals surface area contributed by atoms with Crippen LogP contribution in [0.5, 0.6) is 0 Å². The summed E-state index contributed by atoms with van der Waals surface area (Å²) in [5, 5.41) is 6.06. The van der Waals surface area contributed by atoms with Crippen LogP contribution in [0.2, 0.25) is 0 Å². The summed E-state index contributed by atoms with van der Waals surface area (Å²) >= 11 is -6.13. The van der Waals surface area contributed by atoms with E-state index in [0.717, 1.165) is 46.2 Å². The number of carbonyl (C=O) groups excluding carboxylic acids is 2. The summed E-state index contributed by atoms with van der Waals surface area (Å²) in [6.07, 6.45) is 7.75. The number of amides is 2. The zero-order chi connectivity index (χ0) is 39.0. The molecule has 0 heterocycles. The van der Waals surface area contributed by atoms with Gasteiger partial charge in [-0.05, 0) is 0 Å². The van der Waals surface area contributed by atoms with Crippen LogP contribution >= 0.6 is 17.2 Å². The van der Waals surface area contributed by atoms with Gasteiger partial charge in [-0.25, -0.2) is 0 Å². The monoisotopic (exact) mass is 927 g/mol. The van der Waals surface area contributed by atoms with Crippen molar-refractivity contribution in [1.82, 2.24) is 10.5 Å². The van der Waals surface area contributed by atoms with Crippen LogP contribution in [0.1, 0.15) is 121 Å². The van der Waals surface area contributed by atoms with E-state index in [4.69, 9.17) is 17.2 Å². The summed E-state index contributed by atoms with van der Waals surface area (Å²) in [5.74, 6) is 0.922. The molecule has 0 bridgehead atoms. The van der Waals surface area contributed by atoms with Crippen molar-refractivity contribution in [3.8, 4) is 22.3 Å². The molecule has 8 heteroatoms. The number of allylic oxidation sites excluding steroid dienone is 2. The summed E-state index contributed by atoms with van der Waals surface area (Å²) in [4.78, 5) is 25.3. The molecule has 4 aromatic carbocycles. The molecular formula is C46H54BCl2HfN2O2. The quantitative estimate of drug-likeness (QED) is 0.0922. The van der Waals surface area contributed by atoms with Crippen LogP contribution < -0.4 is 10.5 Å². The molecule has 0 saturated heterocycles. The topological polar surface area (TPSA) is 58.2 Å². The van der Waals surface area contributed by atoms with Crippen molar-refractivity contribution in [2.45, 2.75) is 87.4 Å². The molecule has 2 N–H and O–H groups in total. The first-order valence-electron chi connectivity index (χ1n) is 19.7. The third kappa shape index (κ3) is 6.73. The predicted molar refractivity (Wildman–Crippen MR) is 228 cm³/mol. The van der Waals surface area contributed by atoms with Gasteiger partial charge in [0.15, 0.2) is 0 Å². The number of rotatable bonds is 15. The Hall–Kier alpha value is -3.18. The molecule has 2 aliphatic carbocycles. The molecule has 0 radical (unpaired) electrons. The minimum absolute atomic E-state index is 0.137. The predicted octanol–water partition coefficient (Wildman–Crippen LogP) is 12.4. The van der Waals surface area contributed by atoms with E-state index in [1.165, 1.54) is 33.4 Å². The van der Waals surface area contributed by atoms with Crippen molar-refractivity contribution in [2.75, 3.05) is 0 Å². The summed E-state index contributed by atoms with van der Waals surface area (Å²) < 4.78 is -1.76. The number of benzene rings is 4. The molecule has 0 fully saturated rings. The van der Waals surface area contributed by atoms with E-state index in [9.17, 15) is 9.59 Å². The third-order valence-corrected chi connectivity index (χ3v) is 40.9. The van der Waals surface area contributed by atoms with Crippen LogP contribution in [0.3, 0.4) is 0 Å². The normalized spacial score (nSPS) is 18.2. The molecule has 4 aromatic rings. The molecule has 4 atom stereocenters. The van der Waals surface area contributed by atoms with E-state index in [0.29, 0.717) is 24.7 Å². The molecule has 54 heavy (non-hydrogen) atoms. The Morgan fingerprint density at radius 3 is 1.31 bits per heavy atom. The van der Waals surface area contributed by atoms with E-state index in [1.54, 1.807) is 0 Å². The fraction of sp³-hybridized carbons (Fsp3) is 0.348. The molecule has 4 nitrogen and oxygen atoms in total. The van der Waals surface area contributed by atoms with Gasteiger partial charge in [0.25, 0.3) is 0 Å². The number of halogens is 2. The second kappa shape index (κ2) is 16.1. The zero-order valence-corrected chi connectivity index (χ0v) is 38.0. The molecule has 2 amide bonds. The molecule has 0 spiro atoms. The Bertz CT molecular complexity index is 1980. The molecule has 0 aromatic heterocycles. The Labute approximate surface area is 331 Å². The zero-order valence-electron chi connectivity index (χ0n) is 32.9. The summed E-state index contributed by atoms with van der Waals surface area (Å²) in [6.45, 7) is 17.8. The average molecular weight is 927 g/mol. The fourth-order valence-corrected chi connectivity index (χ4v) is 39.1. The van der Waals surface area contributed by atoms with Gasteiger partial charge in [-0.15, -0.1) is 0 Å². The van der Waals surface area contributed by atoms with Crippen LogP contribution in [0.4, 0.5) is 0 Å². The van der Waals surface area contributed by atoms with Gasteiger partial charge in [0.05, 0.1) is 0 Å². The molecule has 281 valence electrons. The van der Waals surface area contributed by atoms with Crippen LogP contribution in [-0.2, 0) is 25.5 Å². The Kier molecular flexibility index (Phi) is 12.1. The van der Waals surface area contributed by atoms with Crippen molar-refractivity contribution < 1.29 is 25.5 Å². The van der Waals surface area contributed by atoms with Crippen LogP contribution in [0.15, 0.2) is 96.1 Å².